The maximum absolute atomic E-state index is 10.6. The quantitative estimate of drug-likeness (QED) is 0.938. The Morgan fingerprint density at radius 3 is 2.57 bits per heavy atom. The fraction of sp³-hybridized carbons (Fsp3) is 0.412. The molecule has 0 amide bonds. The maximum Gasteiger partial charge on any atom is 0.216 e. The monoisotopic (exact) mass is 286 g/mol. The van der Waals surface area contributed by atoms with Crippen molar-refractivity contribution in [3.05, 3.63) is 53.5 Å². The molecule has 2 aromatic rings. The van der Waals surface area contributed by atoms with Gasteiger partial charge in [0.05, 0.1) is 18.9 Å². The van der Waals surface area contributed by atoms with Crippen molar-refractivity contribution in [1.82, 2.24) is 9.97 Å². The smallest absolute Gasteiger partial charge is 0.216 e. The molecule has 2 rings (SSSR count). The summed E-state index contributed by atoms with van der Waals surface area (Å²) in [7, 11) is 1.57. The third-order valence-electron chi connectivity index (χ3n) is 3.44. The molecule has 0 aliphatic rings. The maximum atomic E-state index is 10.6. The highest BCUT2D eigenvalue weighted by Gasteiger charge is 2.21. The highest BCUT2D eigenvalue weighted by Crippen LogP contribution is 2.30. The molecule has 0 saturated heterocycles. The van der Waals surface area contributed by atoms with E-state index in [9.17, 15) is 5.11 Å². The predicted molar refractivity (Wildman–Crippen MR) is 82.4 cm³/mol. The van der Waals surface area contributed by atoms with Gasteiger partial charge in [-0.2, -0.15) is 0 Å². The summed E-state index contributed by atoms with van der Waals surface area (Å²) in [5.74, 6) is 0.510. The molecule has 0 aliphatic carbocycles. The first-order valence-corrected chi connectivity index (χ1v) is 7.04. The van der Waals surface area contributed by atoms with Crippen LogP contribution in [-0.4, -0.2) is 22.2 Å². The lowest BCUT2D eigenvalue weighted by Gasteiger charge is -2.25. The Kier molecular flexibility index (Phi) is 4.58. The van der Waals surface area contributed by atoms with Crippen molar-refractivity contribution in [3.8, 4) is 5.88 Å². The molecular formula is C17H22N2O2. The molecule has 0 aliphatic heterocycles. The lowest BCUT2D eigenvalue weighted by atomic mass is 9.82. The first-order valence-electron chi connectivity index (χ1n) is 7.04. The van der Waals surface area contributed by atoms with Crippen LogP contribution in [0.2, 0.25) is 0 Å². The van der Waals surface area contributed by atoms with Gasteiger partial charge in [0.2, 0.25) is 5.88 Å². The van der Waals surface area contributed by atoms with Crippen LogP contribution in [0.3, 0.4) is 0 Å². The van der Waals surface area contributed by atoms with Crippen LogP contribution in [0.25, 0.3) is 0 Å². The Hall–Kier alpha value is -1.94. The van der Waals surface area contributed by atoms with Crippen molar-refractivity contribution >= 4 is 0 Å². The number of aliphatic hydroxyl groups excluding tert-OH is 1. The summed E-state index contributed by atoms with van der Waals surface area (Å²) in [6, 6.07) is 9.75. The lowest BCUT2D eigenvalue weighted by Crippen LogP contribution is -2.17. The van der Waals surface area contributed by atoms with Gasteiger partial charge in [0, 0.05) is 12.5 Å². The Morgan fingerprint density at radius 1 is 1.19 bits per heavy atom. The van der Waals surface area contributed by atoms with E-state index in [1.807, 2.05) is 18.2 Å². The molecule has 112 valence electrons. The van der Waals surface area contributed by atoms with Crippen LogP contribution >= 0.6 is 0 Å². The summed E-state index contributed by atoms with van der Waals surface area (Å²) in [5, 5.41) is 10.6. The lowest BCUT2D eigenvalue weighted by molar-refractivity contribution is 0.174. The Balaban J connectivity index is 2.26. The molecule has 4 nitrogen and oxygen atoms in total. The first-order chi connectivity index (χ1) is 9.91. The van der Waals surface area contributed by atoms with E-state index >= 15 is 0 Å². The standard InChI is InChI=1S/C17H22N2O2/c1-17(2,3)14-8-6-5-7-13(14)15(20)9-12-10-16(21-4)19-11-18-12/h5-8,10-11,15,20H,9H2,1-4H3. The van der Waals surface area contributed by atoms with Crippen LogP contribution in [0.4, 0.5) is 0 Å². The van der Waals surface area contributed by atoms with E-state index in [1.165, 1.54) is 6.33 Å². The van der Waals surface area contributed by atoms with E-state index < -0.39 is 6.10 Å². The number of methoxy groups -OCH3 is 1. The summed E-state index contributed by atoms with van der Waals surface area (Å²) in [6.07, 6.45) is 1.29. The Labute approximate surface area is 125 Å². The average Bonchev–Trinajstić information content (AvgIpc) is 2.46. The number of hydrogen-bond donors (Lipinski definition) is 1. The van der Waals surface area contributed by atoms with E-state index in [-0.39, 0.29) is 5.41 Å². The number of benzene rings is 1. The zero-order valence-electron chi connectivity index (χ0n) is 13.0. The molecule has 1 unspecified atom stereocenters. The number of hydrogen-bond acceptors (Lipinski definition) is 4. The molecule has 1 aromatic carbocycles. The second kappa shape index (κ2) is 6.22. The highest BCUT2D eigenvalue weighted by molar-refractivity contribution is 5.35. The topological polar surface area (TPSA) is 55.2 Å². The van der Waals surface area contributed by atoms with Gasteiger partial charge in [0.1, 0.15) is 6.33 Å². The van der Waals surface area contributed by atoms with Crippen molar-refractivity contribution in [2.45, 2.75) is 38.7 Å². The molecule has 1 N–H and O–H groups in total. The van der Waals surface area contributed by atoms with Gasteiger partial charge in [-0.05, 0) is 16.5 Å². The van der Waals surface area contributed by atoms with Crippen LogP contribution in [0.15, 0.2) is 36.7 Å². The van der Waals surface area contributed by atoms with Crippen molar-refractivity contribution in [2.24, 2.45) is 0 Å². The Bertz CT molecular complexity index is 606. The van der Waals surface area contributed by atoms with Crippen molar-refractivity contribution < 1.29 is 9.84 Å². The molecule has 0 radical (unpaired) electrons. The molecule has 1 atom stereocenters. The van der Waals surface area contributed by atoms with Gasteiger partial charge in [-0.15, -0.1) is 0 Å². The van der Waals surface area contributed by atoms with Gasteiger partial charge in [-0.1, -0.05) is 45.0 Å². The minimum atomic E-state index is -0.597. The number of nitrogens with zero attached hydrogens (tertiary/aromatic N) is 2. The van der Waals surface area contributed by atoms with Crippen LogP contribution in [0, 0.1) is 0 Å². The third kappa shape index (κ3) is 3.79. The SMILES string of the molecule is COc1cc(CC(O)c2ccccc2C(C)(C)C)ncn1. The fourth-order valence-electron chi connectivity index (χ4n) is 2.38. The summed E-state index contributed by atoms with van der Waals surface area (Å²) >= 11 is 0. The molecular weight excluding hydrogens is 264 g/mol. The van der Waals surface area contributed by atoms with Gasteiger partial charge in [-0.3, -0.25) is 0 Å². The minimum Gasteiger partial charge on any atom is -0.481 e. The molecule has 0 bridgehead atoms. The van der Waals surface area contributed by atoms with Crippen molar-refractivity contribution in [1.29, 1.82) is 0 Å². The summed E-state index contributed by atoms with van der Waals surface area (Å²) in [5.41, 5.74) is 2.85. The van der Waals surface area contributed by atoms with E-state index in [2.05, 4.69) is 36.8 Å². The van der Waals surface area contributed by atoms with Gasteiger partial charge < -0.3 is 9.84 Å². The van der Waals surface area contributed by atoms with Crippen LogP contribution in [-0.2, 0) is 11.8 Å². The molecule has 0 fully saturated rings. The molecule has 21 heavy (non-hydrogen) atoms. The normalized spacial score (nSPS) is 13.0. The number of aliphatic hydroxyl groups is 1. The van der Waals surface area contributed by atoms with E-state index in [0.717, 1.165) is 16.8 Å². The van der Waals surface area contributed by atoms with Crippen LogP contribution in [0.5, 0.6) is 5.88 Å². The highest BCUT2D eigenvalue weighted by atomic mass is 16.5. The minimum absolute atomic E-state index is 0.0130. The molecule has 0 saturated carbocycles. The summed E-state index contributed by atoms with van der Waals surface area (Å²) in [6.45, 7) is 6.44. The largest absolute Gasteiger partial charge is 0.481 e. The van der Waals surface area contributed by atoms with Gasteiger partial charge in [-0.25, -0.2) is 9.97 Å². The van der Waals surface area contributed by atoms with Crippen molar-refractivity contribution in [3.63, 3.8) is 0 Å². The molecule has 0 spiro atoms. The zero-order chi connectivity index (χ0) is 15.5. The second-order valence-electron chi connectivity index (χ2n) is 6.11. The van der Waals surface area contributed by atoms with Gasteiger partial charge in [0.25, 0.3) is 0 Å². The van der Waals surface area contributed by atoms with Gasteiger partial charge >= 0.3 is 0 Å². The predicted octanol–water partition coefficient (Wildman–Crippen LogP) is 3.06. The second-order valence-corrected chi connectivity index (χ2v) is 6.11. The summed E-state index contributed by atoms with van der Waals surface area (Å²) < 4.78 is 5.09. The average molecular weight is 286 g/mol. The first kappa shape index (κ1) is 15.4. The molecule has 1 heterocycles. The van der Waals surface area contributed by atoms with Crippen LogP contribution < -0.4 is 4.74 Å². The zero-order valence-corrected chi connectivity index (χ0v) is 13.0. The number of aromatic nitrogens is 2. The fourth-order valence-corrected chi connectivity index (χ4v) is 2.38. The van der Waals surface area contributed by atoms with E-state index in [0.29, 0.717) is 12.3 Å². The third-order valence-corrected chi connectivity index (χ3v) is 3.44. The van der Waals surface area contributed by atoms with E-state index in [1.54, 1.807) is 13.2 Å². The van der Waals surface area contributed by atoms with Gasteiger partial charge in [0.15, 0.2) is 0 Å². The Morgan fingerprint density at radius 2 is 1.90 bits per heavy atom. The number of rotatable bonds is 4. The van der Waals surface area contributed by atoms with Crippen LogP contribution in [0.1, 0.15) is 43.7 Å². The molecule has 4 heteroatoms. The van der Waals surface area contributed by atoms with E-state index in [4.69, 9.17) is 4.74 Å². The number of ether oxygens (including phenoxy) is 1. The summed E-state index contributed by atoms with van der Waals surface area (Å²) in [4.78, 5) is 8.17. The molecule has 1 aromatic heterocycles. The van der Waals surface area contributed by atoms with Crippen molar-refractivity contribution in [2.75, 3.05) is 7.11 Å².